The highest BCUT2D eigenvalue weighted by Crippen LogP contribution is 2.18. The molecule has 0 aliphatic heterocycles. The van der Waals surface area contributed by atoms with E-state index in [2.05, 4.69) is 55.6 Å². The molecule has 6 nitrogen and oxygen atoms in total. The maximum atomic E-state index is 12.5. The van der Waals surface area contributed by atoms with Gasteiger partial charge in [0, 0.05) is 12.8 Å². The van der Waals surface area contributed by atoms with Gasteiger partial charge in [-0.05, 0) is 70.6 Å². The van der Waals surface area contributed by atoms with E-state index in [4.69, 9.17) is 4.74 Å². The number of carbonyl (C=O) groups excluding carboxylic acids is 2. The van der Waals surface area contributed by atoms with Gasteiger partial charge in [0.1, 0.15) is 0 Å². The minimum absolute atomic E-state index is 0.0369. The first-order valence-corrected chi connectivity index (χ1v) is 31.7. The normalized spacial score (nSPS) is 12.8. The van der Waals surface area contributed by atoms with E-state index in [1.807, 2.05) is 0 Å². The van der Waals surface area contributed by atoms with Crippen LogP contribution in [0.1, 0.15) is 341 Å². The van der Waals surface area contributed by atoms with Crippen molar-refractivity contribution in [3.05, 3.63) is 36.5 Å². The van der Waals surface area contributed by atoms with Crippen LogP contribution in [0.4, 0.5) is 0 Å². The summed E-state index contributed by atoms with van der Waals surface area (Å²) in [7, 11) is 0. The molecule has 0 aromatic rings. The summed E-state index contributed by atoms with van der Waals surface area (Å²) in [5.41, 5.74) is 0. The van der Waals surface area contributed by atoms with E-state index in [1.165, 1.54) is 257 Å². The van der Waals surface area contributed by atoms with Crippen molar-refractivity contribution in [2.45, 2.75) is 353 Å². The average Bonchev–Trinajstić information content (AvgIpc) is 3.37. The standard InChI is InChI=1S/C65H123NO5/c1-3-5-7-9-11-13-15-17-18-19-20-22-25-28-31-34-37-41-45-49-53-57-63(68)62(61-67)66-64(69)58-54-50-46-42-38-35-32-29-26-23-21-24-27-30-33-36-40-44-48-52-56-60-71-65(70)59-55-51-47-43-39-16-14-12-10-8-6-4-2/h12,14,36,40,48,52,62-63,67-68H,3-11,13,15-35,37-39,41-47,49-51,53-61H2,1-2H3,(H,66,69)/b14-12-,40-36-,52-48-. The summed E-state index contributed by atoms with van der Waals surface area (Å²) in [6.45, 7) is 4.84. The monoisotopic (exact) mass is 998 g/mol. The Hall–Kier alpha value is -1.92. The Labute approximate surface area is 443 Å². The van der Waals surface area contributed by atoms with Crippen LogP contribution >= 0.6 is 0 Å². The second-order valence-corrected chi connectivity index (χ2v) is 21.7. The van der Waals surface area contributed by atoms with Crippen molar-refractivity contribution in [1.82, 2.24) is 5.32 Å². The molecular formula is C65H123NO5. The van der Waals surface area contributed by atoms with E-state index in [-0.39, 0.29) is 18.5 Å². The molecule has 1 amide bonds. The molecule has 2 atom stereocenters. The highest BCUT2D eigenvalue weighted by Gasteiger charge is 2.20. The molecule has 0 radical (unpaired) electrons. The van der Waals surface area contributed by atoms with E-state index < -0.39 is 12.1 Å². The fraction of sp³-hybridized carbons (Fsp3) is 0.877. The van der Waals surface area contributed by atoms with Crippen molar-refractivity contribution in [2.75, 3.05) is 13.2 Å². The summed E-state index contributed by atoms with van der Waals surface area (Å²) >= 11 is 0. The highest BCUT2D eigenvalue weighted by molar-refractivity contribution is 5.76. The van der Waals surface area contributed by atoms with Gasteiger partial charge in [0.15, 0.2) is 0 Å². The lowest BCUT2D eigenvalue weighted by Gasteiger charge is -2.22. The average molecular weight is 999 g/mol. The Kier molecular flexibility index (Phi) is 59.0. The molecule has 0 rings (SSSR count). The summed E-state index contributed by atoms with van der Waals surface area (Å²) in [5.74, 6) is -0.0819. The molecule has 6 heteroatoms. The van der Waals surface area contributed by atoms with E-state index in [0.29, 0.717) is 25.9 Å². The van der Waals surface area contributed by atoms with Crippen molar-refractivity contribution in [2.24, 2.45) is 0 Å². The summed E-state index contributed by atoms with van der Waals surface area (Å²) < 4.78 is 5.40. The quantitative estimate of drug-likeness (QED) is 0.0321. The van der Waals surface area contributed by atoms with Crippen molar-refractivity contribution >= 4 is 11.9 Å². The second-order valence-electron chi connectivity index (χ2n) is 21.7. The van der Waals surface area contributed by atoms with Gasteiger partial charge in [-0.2, -0.15) is 0 Å². The number of carbonyl (C=O) groups is 2. The van der Waals surface area contributed by atoms with Crippen LogP contribution in [0, 0.1) is 0 Å². The van der Waals surface area contributed by atoms with E-state index in [9.17, 15) is 19.8 Å². The number of ether oxygens (including phenoxy) is 1. The fourth-order valence-corrected chi connectivity index (χ4v) is 9.83. The first-order chi connectivity index (χ1) is 35.0. The van der Waals surface area contributed by atoms with Gasteiger partial charge in [-0.15, -0.1) is 0 Å². The molecule has 2 unspecified atom stereocenters. The Morgan fingerprint density at radius 1 is 0.394 bits per heavy atom. The second kappa shape index (κ2) is 60.6. The summed E-state index contributed by atoms with van der Waals surface area (Å²) in [6, 6.07) is -0.547. The van der Waals surface area contributed by atoms with Crippen LogP contribution < -0.4 is 5.32 Å². The Morgan fingerprint density at radius 2 is 0.704 bits per heavy atom. The van der Waals surface area contributed by atoms with Gasteiger partial charge in [-0.3, -0.25) is 9.59 Å². The number of nitrogens with one attached hydrogen (secondary N) is 1. The van der Waals surface area contributed by atoms with Gasteiger partial charge in [-0.1, -0.05) is 294 Å². The number of allylic oxidation sites excluding steroid dienone is 5. The third kappa shape index (κ3) is 57.2. The lowest BCUT2D eigenvalue weighted by Crippen LogP contribution is -2.45. The minimum atomic E-state index is -0.669. The van der Waals surface area contributed by atoms with Crippen LogP contribution in [-0.2, 0) is 14.3 Å². The van der Waals surface area contributed by atoms with Crippen molar-refractivity contribution < 1.29 is 24.5 Å². The van der Waals surface area contributed by atoms with Crippen molar-refractivity contribution in [3.8, 4) is 0 Å². The number of unbranched alkanes of at least 4 members (excludes halogenated alkanes) is 42. The number of amides is 1. The number of rotatable bonds is 59. The molecule has 0 fully saturated rings. The van der Waals surface area contributed by atoms with Crippen molar-refractivity contribution in [3.63, 3.8) is 0 Å². The molecule has 71 heavy (non-hydrogen) atoms. The smallest absolute Gasteiger partial charge is 0.305 e. The molecule has 0 saturated carbocycles. The summed E-state index contributed by atoms with van der Waals surface area (Å²) in [4.78, 5) is 24.5. The Balaban J connectivity index is 3.46. The van der Waals surface area contributed by atoms with Crippen LogP contribution in [0.15, 0.2) is 36.5 Å². The lowest BCUT2D eigenvalue weighted by atomic mass is 10.0. The largest absolute Gasteiger partial charge is 0.465 e. The predicted octanol–water partition coefficient (Wildman–Crippen LogP) is 20.0. The van der Waals surface area contributed by atoms with Gasteiger partial charge in [-0.25, -0.2) is 0 Å². The maximum absolute atomic E-state index is 12.5. The van der Waals surface area contributed by atoms with Crippen LogP contribution in [0.2, 0.25) is 0 Å². The third-order valence-corrected chi connectivity index (χ3v) is 14.7. The number of aliphatic hydroxyl groups is 2. The van der Waals surface area contributed by atoms with Gasteiger partial charge in [0.05, 0.1) is 25.4 Å². The zero-order valence-corrected chi connectivity index (χ0v) is 47.7. The van der Waals surface area contributed by atoms with E-state index >= 15 is 0 Å². The number of hydrogen-bond acceptors (Lipinski definition) is 5. The lowest BCUT2D eigenvalue weighted by molar-refractivity contribution is -0.143. The van der Waals surface area contributed by atoms with Crippen LogP contribution in [0.25, 0.3) is 0 Å². The van der Waals surface area contributed by atoms with Crippen LogP contribution in [0.3, 0.4) is 0 Å². The first-order valence-electron chi connectivity index (χ1n) is 31.7. The van der Waals surface area contributed by atoms with E-state index in [1.54, 1.807) is 0 Å². The highest BCUT2D eigenvalue weighted by atomic mass is 16.5. The number of esters is 1. The number of aliphatic hydroxyl groups excluding tert-OH is 2. The van der Waals surface area contributed by atoms with Gasteiger partial charge >= 0.3 is 5.97 Å². The molecule has 0 aliphatic rings. The molecule has 418 valence electrons. The maximum Gasteiger partial charge on any atom is 0.305 e. The van der Waals surface area contributed by atoms with E-state index in [0.717, 1.165) is 51.4 Å². The van der Waals surface area contributed by atoms with Gasteiger partial charge in [0.2, 0.25) is 5.91 Å². The zero-order valence-electron chi connectivity index (χ0n) is 47.7. The Morgan fingerprint density at radius 3 is 1.11 bits per heavy atom. The molecule has 0 spiro atoms. The Bertz CT molecular complexity index is 1150. The molecule has 0 heterocycles. The topological polar surface area (TPSA) is 95.9 Å². The summed E-state index contributed by atoms with van der Waals surface area (Å²) in [5, 5.41) is 23.4. The predicted molar refractivity (Wildman–Crippen MR) is 310 cm³/mol. The molecule has 0 aromatic carbocycles. The van der Waals surface area contributed by atoms with Gasteiger partial charge < -0.3 is 20.3 Å². The molecule has 3 N–H and O–H groups in total. The van der Waals surface area contributed by atoms with Crippen molar-refractivity contribution in [1.29, 1.82) is 0 Å². The zero-order chi connectivity index (χ0) is 51.4. The first kappa shape index (κ1) is 69.1. The summed E-state index contributed by atoms with van der Waals surface area (Å²) in [6.07, 6.45) is 76.0. The molecule has 0 bridgehead atoms. The molecule has 0 aromatic heterocycles. The molecule has 0 aliphatic carbocycles. The SMILES string of the molecule is CCCCC/C=C\CCCCCCCC(=O)OCC/C=C\C/C=C\CCCCCCCCCCCCCCCCC(=O)NC(CO)C(O)CCCCCCCCCCCCCCCCCCCCCCC. The van der Waals surface area contributed by atoms with Crippen LogP contribution in [-0.4, -0.2) is 47.4 Å². The third-order valence-electron chi connectivity index (χ3n) is 14.7. The molecular weight excluding hydrogens is 875 g/mol. The van der Waals surface area contributed by atoms with Gasteiger partial charge in [0.25, 0.3) is 0 Å². The number of hydrogen-bond donors (Lipinski definition) is 3. The minimum Gasteiger partial charge on any atom is -0.465 e. The molecule has 0 saturated heterocycles. The fourth-order valence-electron chi connectivity index (χ4n) is 9.83. The van der Waals surface area contributed by atoms with Crippen LogP contribution in [0.5, 0.6) is 0 Å².